The van der Waals surface area contributed by atoms with Gasteiger partial charge < -0.3 is 14.5 Å². The van der Waals surface area contributed by atoms with Crippen molar-refractivity contribution in [2.45, 2.75) is 31.7 Å². The number of halogens is 1. The standard InChI is InChI=1S/C23H25FN2O3/c24-19-6-3-5-18(15-19)23(28)26-14-4-7-20(26)16-29-21-10-8-17(9-11-21)22(27)25-12-1-2-13-25/h3,5-6,8-11,15,20H,1-2,4,7,12-14,16H2/t20-/m1/s1. The third-order valence-corrected chi connectivity index (χ3v) is 5.65. The molecule has 2 aromatic carbocycles. The molecule has 0 unspecified atom stereocenters. The molecule has 2 amide bonds. The van der Waals surface area contributed by atoms with Crippen molar-refractivity contribution in [3.05, 3.63) is 65.5 Å². The van der Waals surface area contributed by atoms with Crippen LogP contribution < -0.4 is 4.74 Å². The molecule has 2 saturated heterocycles. The number of likely N-dealkylation sites (tertiary alicyclic amines) is 2. The Balaban J connectivity index is 1.35. The molecule has 1 atom stereocenters. The molecule has 0 aliphatic carbocycles. The van der Waals surface area contributed by atoms with Crippen LogP contribution in [0.15, 0.2) is 48.5 Å². The number of hydrogen-bond acceptors (Lipinski definition) is 3. The number of ether oxygens (including phenoxy) is 1. The zero-order chi connectivity index (χ0) is 20.2. The SMILES string of the molecule is O=C(c1ccc(OC[C@H]2CCCN2C(=O)c2cccc(F)c2)cc1)N1CCCC1. The molecule has 2 aromatic rings. The highest BCUT2D eigenvalue weighted by molar-refractivity contribution is 5.95. The predicted octanol–water partition coefficient (Wildman–Crippen LogP) is 3.75. The third-order valence-electron chi connectivity index (χ3n) is 5.65. The molecule has 2 fully saturated rings. The van der Waals surface area contributed by atoms with Crippen molar-refractivity contribution in [3.63, 3.8) is 0 Å². The van der Waals surface area contributed by atoms with E-state index >= 15 is 0 Å². The highest BCUT2D eigenvalue weighted by atomic mass is 19.1. The van der Waals surface area contributed by atoms with Crippen molar-refractivity contribution in [1.82, 2.24) is 9.80 Å². The monoisotopic (exact) mass is 396 g/mol. The van der Waals surface area contributed by atoms with Crippen molar-refractivity contribution in [2.24, 2.45) is 0 Å². The Hall–Kier alpha value is -2.89. The summed E-state index contributed by atoms with van der Waals surface area (Å²) in [6.07, 6.45) is 3.89. The highest BCUT2D eigenvalue weighted by Crippen LogP contribution is 2.23. The number of amides is 2. The Morgan fingerprint density at radius 3 is 2.41 bits per heavy atom. The summed E-state index contributed by atoms with van der Waals surface area (Å²) >= 11 is 0. The maximum atomic E-state index is 13.4. The van der Waals surface area contributed by atoms with Crippen LogP contribution in [0.4, 0.5) is 4.39 Å². The molecule has 0 radical (unpaired) electrons. The van der Waals surface area contributed by atoms with Gasteiger partial charge in [-0.05, 0) is 68.1 Å². The number of hydrogen-bond donors (Lipinski definition) is 0. The van der Waals surface area contributed by atoms with Crippen molar-refractivity contribution in [2.75, 3.05) is 26.2 Å². The Labute approximate surface area is 170 Å². The fraction of sp³-hybridized carbons (Fsp3) is 0.391. The van der Waals surface area contributed by atoms with E-state index in [1.165, 1.54) is 12.1 Å². The summed E-state index contributed by atoms with van der Waals surface area (Å²) < 4.78 is 19.3. The molecule has 0 saturated carbocycles. The van der Waals surface area contributed by atoms with Gasteiger partial charge in [-0.15, -0.1) is 0 Å². The second-order valence-corrected chi connectivity index (χ2v) is 7.64. The molecule has 0 bridgehead atoms. The first-order valence-electron chi connectivity index (χ1n) is 10.2. The van der Waals surface area contributed by atoms with Gasteiger partial charge >= 0.3 is 0 Å². The Kier molecular flexibility index (Phi) is 5.79. The van der Waals surface area contributed by atoms with Crippen LogP contribution >= 0.6 is 0 Å². The van der Waals surface area contributed by atoms with Crippen LogP contribution in [0.2, 0.25) is 0 Å². The van der Waals surface area contributed by atoms with Gasteiger partial charge in [-0.2, -0.15) is 0 Å². The number of carbonyl (C=O) groups excluding carboxylic acids is 2. The fourth-order valence-electron chi connectivity index (χ4n) is 4.05. The molecular formula is C23H25FN2O3. The van der Waals surface area contributed by atoms with Crippen LogP contribution in [0.1, 0.15) is 46.4 Å². The average Bonchev–Trinajstić information content (AvgIpc) is 3.44. The zero-order valence-electron chi connectivity index (χ0n) is 16.4. The normalized spacial score (nSPS) is 18.9. The summed E-state index contributed by atoms with van der Waals surface area (Å²) in [6.45, 7) is 2.68. The maximum absolute atomic E-state index is 13.4. The summed E-state index contributed by atoms with van der Waals surface area (Å²) in [6, 6.07) is 12.9. The van der Waals surface area contributed by atoms with E-state index in [0.717, 1.165) is 38.8 Å². The molecule has 152 valence electrons. The van der Waals surface area contributed by atoms with Gasteiger partial charge in [-0.3, -0.25) is 9.59 Å². The van der Waals surface area contributed by atoms with E-state index in [4.69, 9.17) is 4.74 Å². The van der Waals surface area contributed by atoms with Gasteiger partial charge in [-0.1, -0.05) is 6.07 Å². The van der Waals surface area contributed by atoms with E-state index in [-0.39, 0.29) is 17.9 Å². The van der Waals surface area contributed by atoms with E-state index < -0.39 is 5.82 Å². The van der Waals surface area contributed by atoms with Crippen molar-refractivity contribution in [3.8, 4) is 5.75 Å². The molecule has 6 heteroatoms. The van der Waals surface area contributed by atoms with Crippen LogP contribution in [0, 0.1) is 5.82 Å². The minimum Gasteiger partial charge on any atom is -0.491 e. The topological polar surface area (TPSA) is 49.9 Å². The quantitative estimate of drug-likeness (QED) is 0.774. The second kappa shape index (κ2) is 8.64. The molecular weight excluding hydrogens is 371 g/mol. The second-order valence-electron chi connectivity index (χ2n) is 7.64. The van der Waals surface area contributed by atoms with Gasteiger partial charge in [0.15, 0.2) is 0 Å². The summed E-state index contributed by atoms with van der Waals surface area (Å²) in [5.74, 6) is 0.165. The largest absolute Gasteiger partial charge is 0.491 e. The van der Waals surface area contributed by atoms with Gasteiger partial charge in [0.05, 0.1) is 6.04 Å². The van der Waals surface area contributed by atoms with Gasteiger partial charge in [0.1, 0.15) is 18.2 Å². The maximum Gasteiger partial charge on any atom is 0.254 e. The first kappa shape index (κ1) is 19.4. The third kappa shape index (κ3) is 4.42. The number of benzene rings is 2. The molecule has 0 spiro atoms. The zero-order valence-corrected chi connectivity index (χ0v) is 16.4. The smallest absolute Gasteiger partial charge is 0.254 e. The molecule has 2 aliphatic rings. The van der Waals surface area contributed by atoms with Crippen LogP contribution in [0.5, 0.6) is 5.75 Å². The number of carbonyl (C=O) groups is 2. The molecule has 2 heterocycles. The Morgan fingerprint density at radius 2 is 1.69 bits per heavy atom. The molecule has 0 aromatic heterocycles. The van der Waals surface area contributed by atoms with Crippen molar-refractivity contribution >= 4 is 11.8 Å². The first-order chi connectivity index (χ1) is 14.1. The highest BCUT2D eigenvalue weighted by Gasteiger charge is 2.30. The average molecular weight is 396 g/mol. The first-order valence-corrected chi connectivity index (χ1v) is 10.2. The van der Waals surface area contributed by atoms with Crippen LogP contribution in [-0.2, 0) is 0 Å². The van der Waals surface area contributed by atoms with E-state index in [2.05, 4.69) is 0 Å². The Morgan fingerprint density at radius 1 is 0.931 bits per heavy atom. The Bertz CT molecular complexity index is 878. The van der Waals surface area contributed by atoms with E-state index in [0.29, 0.717) is 30.0 Å². The van der Waals surface area contributed by atoms with Gasteiger partial charge in [0, 0.05) is 30.8 Å². The molecule has 2 aliphatic heterocycles. The lowest BCUT2D eigenvalue weighted by molar-refractivity contribution is 0.0690. The summed E-state index contributed by atoms with van der Waals surface area (Å²) in [4.78, 5) is 28.8. The van der Waals surface area contributed by atoms with E-state index in [9.17, 15) is 14.0 Å². The molecule has 4 rings (SSSR count). The molecule has 0 N–H and O–H groups in total. The lowest BCUT2D eigenvalue weighted by Gasteiger charge is -2.25. The minimum absolute atomic E-state index is 0.0447. The van der Waals surface area contributed by atoms with Gasteiger partial charge in [0.25, 0.3) is 11.8 Å². The summed E-state index contributed by atoms with van der Waals surface area (Å²) in [5, 5.41) is 0. The van der Waals surface area contributed by atoms with Gasteiger partial charge in [-0.25, -0.2) is 4.39 Å². The summed E-state index contributed by atoms with van der Waals surface area (Å²) in [5.41, 5.74) is 1.03. The lowest BCUT2D eigenvalue weighted by atomic mass is 10.1. The van der Waals surface area contributed by atoms with Gasteiger partial charge in [0.2, 0.25) is 0 Å². The van der Waals surface area contributed by atoms with Crippen molar-refractivity contribution < 1.29 is 18.7 Å². The van der Waals surface area contributed by atoms with Crippen LogP contribution in [0.3, 0.4) is 0 Å². The van der Waals surface area contributed by atoms with E-state index in [1.807, 2.05) is 4.90 Å². The van der Waals surface area contributed by atoms with Crippen LogP contribution in [0.25, 0.3) is 0 Å². The summed E-state index contributed by atoms with van der Waals surface area (Å²) in [7, 11) is 0. The minimum atomic E-state index is -0.411. The van der Waals surface area contributed by atoms with Crippen molar-refractivity contribution in [1.29, 1.82) is 0 Å². The number of rotatable bonds is 5. The fourth-order valence-corrected chi connectivity index (χ4v) is 4.05. The van der Waals surface area contributed by atoms with Crippen LogP contribution in [-0.4, -0.2) is 53.9 Å². The lowest BCUT2D eigenvalue weighted by Crippen LogP contribution is -2.39. The molecule has 29 heavy (non-hydrogen) atoms. The number of nitrogens with zero attached hydrogens (tertiary/aromatic N) is 2. The predicted molar refractivity (Wildman–Crippen MR) is 108 cm³/mol. The van der Waals surface area contributed by atoms with E-state index in [1.54, 1.807) is 41.3 Å². The molecule has 5 nitrogen and oxygen atoms in total.